The van der Waals surface area contributed by atoms with Gasteiger partial charge in [0.25, 0.3) is 20.0 Å². The second-order valence-corrected chi connectivity index (χ2v) is 13.1. The van der Waals surface area contributed by atoms with Crippen molar-refractivity contribution in [3.8, 4) is 0 Å². The van der Waals surface area contributed by atoms with Crippen LogP contribution in [0.1, 0.15) is 0 Å². The second-order valence-electron chi connectivity index (χ2n) is 6.09. The molecule has 1 heterocycles. The molecule has 0 amide bonds. The lowest BCUT2D eigenvalue weighted by Crippen LogP contribution is -2.35. The summed E-state index contributed by atoms with van der Waals surface area (Å²) in [4.78, 5) is -0.0722. The summed E-state index contributed by atoms with van der Waals surface area (Å²) in [6.07, 6.45) is 0. The topological polar surface area (TPSA) is 95.1 Å². The highest BCUT2D eigenvalue weighted by Crippen LogP contribution is 2.62. The Labute approximate surface area is 159 Å². The molecule has 0 saturated carbocycles. The molecule has 0 atom stereocenters. The van der Waals surface area contributed by atoms with Crippen LogP contribution in [-0.2, 0) is 24.6 Å². The van der Waals surface area contributed by atoms with Crippen LogP contribution in [0.15, 0.2) is 70.5 Å². The van der Waals surface area contributed by atoms with E-state index in [0.717, 1.165) is 8.15 Å². The van der Waals surface area contributed by atoms with E-state index in [4.69, 9.17) is 0 Å². The third-order valence-corrected chi connectivity index (χ3v) is 12.6. The fourth-order valence-corrected chi connectivity index (χ4v) is 11.1. The van der Waals surface area contributed by atoms with E-state index >= 15 is 0 Å². The second kappa shape index (κ2) is 7.12. The van der Waals surface area contributed by atoms with Crippen molar-refractivity contribution in [2.24, 2.45) is 0 Å². The van der Waals surface area contributed by atoms with Crippen molar-refractivity contribution in [3.63, 3.8) is 0 Å². The molecule has 0 aromatic heterocycles. The number of nitrogens with zero attached hydrogens (tertiary/aromatic N) is 3. The Hall–Kier alpha value is -1.55. The molecule has 8 nitrogen and oxygen atoms in total. The first kappa shape index (κ1) is 20.2. The van der Waals surface area contributed by atoms with E-state index < -0.39 is 27.6 Å². The molecule has 0 bridgehead atoms. The van der Waals surface area contributed by atoms with Gasteiger partial charge in [-0.05, 0) is 38.4 Å². The molecule has 3 rings (SSSR count). The van der Waals surface area contributed by atoms with Crippen molar-refractivity contribution in [1.29, 1.82) is 0 Å². The van der Waals surface area contributed by atoms with E-state index in [2.05, 4.69) is 0 Å². The van der Waals surface area contributed by atoms with Crippen LogP contribution in [0.4, 0.5) is 0 Å². The Morgan fingerprint density at radius 3 is 1.37 bits per heavy atom. The molecule has 1 fully saturated rings. The first-order chi connectivity index (χ1) is 12.6. The van der Waals surface area contributed by atoms with E-state index in [1.807, 2.05) is 0 Å². The zero-order valence-corrected chi connectivity index (χ0v) is 17.4. The number of hydrogen-bond acceptors (Lipinski definition) is 5. The molecule has 2 aromatic rings. The van der Waals surface area contributed by atoms with Crippen LogP contribution in [0.5, 0.6) is 0 Å². The molecule has 27 heavy (non-hydrogen) atoms. The fourth-order valence-electron chi connectivity index (χ4n) is 2.89. The molecule has 1 aliphatic heterocycles. The molecular formula is C16H20N3O5PS2. The average Bonchev–Trinajstić information content (AvgIpc) is 3.03. The number of sulfonamides is 2. The van der Waals surface area contributed by atoms with Crippen molar-refractivity contribution >= 4 is 27.6 Å². The maximum absolute atomic E-state index is 13.8. The molecule has 0 radical (unpaired) electrons. The minimum atomic E-state index is -4.14. The summed E-state index contributed by atoms with van der Waals surface area (Å²) in [7, 11) is -9.58. The quantitative estimate of drug-likeness (QED) is 0.675. The number of benzene rings is 2. The van der Waals surface area contributed by atoms with Gasteiger partial charge in [-0.1, -0.05) is 36.4 Å². The highest BCUT2D eigenvalue weighted by Gasteiger charge is 2.56. The monoisotopic (exact) mass is 429 g/mol. The fraction of sp³-hybridized carbons (Fsp3) is 0.250. The normalized spacial score (nSPS) is 18.8. The third-order valence-electron chi connectivity index (χ3n) is 4.22. The zero-order valence-electron chi connectivity index (χ0n) is 14.8. The molecular weight excluding hydrogens is 409 g/mol. The number of hydrogen-bond donors (Lipinski definition) is 0. The van der Waals surface area contributed by atoms with Gasteiger partial charge in [0, 0.05) is 13.1 Å². The van der Waals surface area contributed by atoms with Crippen molar-refractivity contribution in [2.75, 3.05) is 27.2 Å². The van der Waals surface area contributed by atoms with E-state index in [-0.39, 0.29) is 22.9 Å². The molecule has 2 aromatic carbocycles. The van der Waals surface area contributed by atoms with Crippen LogP contribution in [0.2, 0.25) is 0 Å². The molecule has 0 N–H and O–H groups in total. The summed E-state index contributed by atoms with van der Waals surface area (Å²) in [5.74, 6) is 0. The van der Waals surface area contributed by atoms with Crippen LogP contribution < -0.4 is 0 Å². The first-order valence-corrected chi connectivity index (χ1v) is 12.5. The van der Waals surface area contributed by atoms with Crippen molar-refractivity contribution in [3.05, 3.63) is 60.7 Å². The van der Waals surface area contributed by atoms with Crippen molar-refractivity contribution in [2.45, 2.75) is 9.79 Å². The number of rotatable bonds is 5. The molecule has 146 valence electrons. The lowest BCUT2D eigenvalue weighted by molar-refractivity contribution is 0.446. The summed E-state index contributed by atoms with van der Waals surface area (Å²) >= 11 is 0. The Bertz CT molecular complexity index is 992. The average molecular weight is 429 g/mol. The van der Waals surface area contributed by atoms with Gasteiger partial charge in [0.05, 0.1) is 9.79 Å². The highest BCUT2D eigenvalue weighted by atomic mass is 32.2. The maximum Gasteiger partial charge on any atom is 0.313 e. The Balaban J connectivity index is 2.12. The highest BCUT2D eigenvalue weighted by molar-refractivity contribution is 7.99. The van der Waals surface area contributed by atoms with Gasteiger partial charge >= 0.3 is 7.59 Å². The molecule has 11 heteroatoms. The molecule has 0 spiro atoms. The molecule has 1 aliphatic rings. The molecule has 0 unspecified atom stereocenters. The maximum atomic E-state index is 13.8. The van der Waals surface area contributed by atoms with Crippen molar-refractivity contribution in [1.82, 2.24) is 12.8 Å². The minimum absolute atomic E-state index is 0.0361. The Morgan fingerprint density at radius 1 is 0.741 bits per heavy atom. The van der Waals surface area contributed by atoms with Gasteiger partial charge in [0.15, 0.2) is 0 Å². The predicted octanol–water partition coefficient (Wildman–Crippen LogP) is 2.05. The summed E-state index contributed by atoms with van der Waals surface area (Å²) in [5.41, 5.74) is 0. The SMILES string of the molecule is CN(C)P1(=O)N(S(=O)(=O)c2ccccc2)CCN1S(=O)(=O)c1ccccc1. The van der Waals surface area contributed by atoms with E-state index in [1.54, 1.807) is 36.4 Å². The van der Waals surface area contributed by atoms with E-state index in [9.17, 15) is 21.4 Å². The lowest BCUT2D eigenvalue weighted by atomic mass is 10.4. The van der Waals surface area contributed by atoms with Crippen LogP contribution in [-0.4, -0.2) is 56.8 Å². The Kier molecular flexibility index (Phi) is 5.33. The van der Waals surface area contributed by atoms with Gasteiger partial charge in [-0.25, -0.2) is 21.5 Å². The van der Waals surface area contributed by atoms with Gasteiger partial charge in [-0.2, -0.15) is 0 Å². The van der Waals surface area contributed by atoms with E-state index in [1.165, 1.54) is 43.0 Å². The minimum Gasteiger partial charge on any atom is -0.268 e. The zero-order chi connectivity index (χ0) is 19.9. The van der Waals surface area contributed by atoms with Crippen LogP contribution in [0.3, 0.4) is 0 Å². The summed E-state index contributed by atoms with van der Waals surface area (Å²) in [6.45, 7) is -0.391. The third kappa shape index (κ3) is 3.26. The van der Waals surface area contributed by atoms with Gasteiger partial charge < -0.3 is 0 Å². The smallest absolute Gasteiger partial charge is 0.268 e. The summed E-state index contributed by atoms with van der Waals surface area (Å²) < 4.78 is 68.9. The summed E-state index contributed by atoms with van der Waals surface area (Å²) in [6, 6.07) is 15.1. The Morgan fingerprint density at radius 2 is 1.07 bits per heavy atom. The standard InChI is InChI=1S/C16H20N3O5PS2/c1-17(2)25(20)18(26(21,22)15-9-5-3-6-10-15)13-14-19(25)27(23,24)16-11-7-4-8-12-16/h3-12H,13-14H2,1-2H3. The van der Waals surface area contributed by atoms with Gasteiger partial charge in [0.2, 0.25) is 0 Å². The van der Waals surface area contributed by atoms with Crippen molar-refractivity contribution < 1.29 is 21.4 Å². The van der Waals surface area contributed by atoms with Crippen LogP contribution in [0.25, 0.3) is 0 Å². The molecule has 0 aliphatic carbocycles. The van der Waals surface area contributed by atoms with Gasteiger partial charge in [0.1, 0.15) is 0 Å². The lowest BCUT2D eigenvalue weighted by Gasteiger charge is -2.33. The van der Waals surface area contributed by atoms with Crippen LogP contribution >= 0.6 is 7.59 Å². The van der Waals surface area contributed by atoms with Gasteiger partial charge in [-0.15, -0.1) is 8.15 Å². The van der Waals surface area contributed by atoms with Crippen LogP contribution in [0, 0.1) is 0 Å². The van der Waals surface area contributed by atoms with Gasteiger partial charge in [-0.3, -0.25) is 4.57 Å². The largest absolute Gasteiger partial charge is 0.313 e. The first-order valence-electron chi connectivity index (χ1n) is 8.07. The van der Waals surface area contributed by atoms with E-state index in [0.29, 0.717) is 0 Å². The molecule has 1 saturated heterocycles. The predicted molar refractivity (Wildman–Crippen MR) is 102 cm³/mol. The summed E-state index contributed by atoms with van der Waals surface area (Å²) in [5, 5.41) is 0.